The Hall–Kier alpha value is -1.69. The largest absolute Gasteiger partial charge is 0.352 e. The van der Waals surface area contributed by atoms with Gasteiger partial charge in [-0.2, -0.15) is 0 Å². The number of carbonyl (C=O) groups is 1. The Morgan fingerprint density at radius 3 is 2.68 bits per heavy atom. The highest BCUT2D eigenvalue weighted by Gasteiger charge is 2.17. The van der Waals surface area contributed by atoms with Gasteiger partial charge in [0.25, 0.3) is 11.6 Å². The van der Waals surface area contributed by atoms with Crippen LogP contribution >= 0.6 is 11.6 Å². The summed E-state index contributed by atoms with van der Waals surface area (Å²) < 4.78 is 0. The molecule has 0 aromatic carbocycles. The van der Waals surface area contributed by atoms with E-state index in [0.717, 1.165) is 25.1 Å². The lowest BCUT2D eigenvalue weighted by atomic mass is 10.0. The monoisotopic (exact) mass is 285 g/mol. The van der Waals surface area contributed by atoms with E-state index in [4.69, 9.17) is 11.6 Å². The van der Waals surface area contributed by atoms with Gasteiger partial charge < -0.3 is 5.32 Å². The molecule has 0 fully saturated rings. The van der Waals surface area contributed by atoms with E-state index in [1.165, 1.54) is 0 Å². The summed E-state index contributed by atoms with van der Waals surface area (Å²) >= 11 is 5.78. The molecule has 7 heteroatoms. The number of nitro groups is 1. The van der Waals surface area contributed by atoms with Crippen LogP contribution in [0.3, 0.4) is 0 Å². The maximum Gasteiger partial charge on any atom is 0.288 e. The number of halogens is 1. The fourth-order valence-corrected chi connectivity index (χ4v) is 1.79. The van der Waals surface area contributed by atoms with Gasteiger partial charge in [0.2, 0.25) is 0 Å². The number of pyridine rings is 1. The second-order valence-electron chi connectivity index (χ2n) is 4.18. The predicted octanol–water partition coefficient (Wildman–Crippen LogP) is 2.81. The number of aromatic nitrogens is 1. The molecule has 0 unspecified atom stereocenters. The van der Waals surface area contributed by atoms with Crippen LogP contribution in [0.1, 0.15) is 37.0 Å². The second-order valence-corrected chi connectivity index (χ2v) is 4.54. The molecule has 19 heavy (non-hydrogen) atoms. The summed E-state index contributed by atoms with van der Waals surface area (Å²) in [7, 11) is 0. The highest BCUT2D eigenvalue weighted by molar-refractivity contribution is 6.32. The van der Waals surface area contributed by atoms with Crippen LogP contribution in [0.25, 0.3) is 0 Å². The molecule has 1 amide bonds. The van der Waals surface area contributed by atoms with Crippen molar-refractivity contribution in [2.75, 3.05) is 6.54 Å². The van der Waals surface area contributed by atoms with Crippen molar-refractivity contribution in [1.29, 1.82) is 0 Å². The second kappa shape index (κ2) is 7.04. The van der Waals surface area contributed by atoms with Crippen LogP contribution in [-0.2, 0) is 0 Å². The molecule has 0 saturated heterocycles. The van der Waals surface area contributed by atoms with Crippen LogP contribution < -0.4 is 5.32 Å². The standard InChI is InChI=1S/C12H16ClN3O3/c1-3-8(4-2)6-15-12(17)10-5-9(16(18)19)7-14-11(10)13/h5,7-8H,3-4,6H2,1-2H3,(H,15,17). The zero-order valence-electron chi connectivity index (χ0n) is 10.9. The van der Waals surface area contributed by atoms with Gasteiger partial charge in [0, 0.05) is 12.6 Å². The third-order valence-corrected chi connectivity index (χ3v) is 3.29. The topological polar surface area (TPSA) is 85.1 Å². The minimum atomic E-state index is -0.610. The number of hydrogen-bond acceptors (Lipinski definition) is 4. The van der Waals surface area contributed by atoms with Crippen molar-refractivity contribution in [3.8, 4) is 0 Å². The summed E-state index contributed by atoms with van der Waals surface area (Å²) in [4.78, 5) is 25.6. The number of rotatable bonds is 6. The first kappa shape index (κ1) is 15.4. The first-order valence-electron chi connectivity index (χ1n) is 6.07. The summed E-state index contributed by atoms with van der Waals surface area (Å²) in [6.07, 6.45) is 2.94. The van der Waals surface area contributed by atoms with E-state index in [1.54, 1.807) is 0 Å². The van der Waals surface area contributed by atoms with Crippen LogP contribution in [0.4, 0.5) is 5.69 Å². The molecule has 0 aliphatic carbocycles. The molecule has 6 nitrogen and oxygen atoms in total. The molecule has 0 bridgehead atoms. The fraction of sp³-hybridized carbons (Fsp3) is 0.500. The van der Waals surface area contributed by atoms with Gasteiger partial charge in [0.05, 0.1) is 10.5 Å². The first-order valence-corrected chi connectivity index (χ1v) is 6.45. The van der Waals surface area contributed by atoms with Crippen LogP contribution in [-0.4, -0.2) is 22.4 Å². The minimum absolute atomic E-state index is 0.0295. The highest BCUT2D eigenvalue weighted by atomic mass is 35.5. The maximum atomic E-state index is 11.9. The van der Waals surface area contributed by atoms with Gasteiger partial charge in [-0.1, -0.05) is 38.3 Å². The zero-order chi connectivity index (χ0) is 14.4. The van der Waals surface area contributed by atoms with Crippen molar-refractivity contribution in [2.45, 2.75) is 26.7 Å². The van der Waals surface area contributed by atoms with E-state index in [9.17, 15) is 14.9 Å². The SMILES string of the molecule is CCC(CC)CNC(=O)c1cc([N+](=O)[O-])cnc1Cl. The van der Waals surface area contributed by atoms with Crippen molar-refractivity contribution in [1.82, 2.24) is 10.3 Å². The lowest BCUT2D eigenvalue weighted by Gasteiger charge is -2.13. The van der Waals surface area contributed by atoms with Gasteiger partial charge in [-0.05, 0) is 5.92 Å². The Bertz CT molecular complexity index is 475. The van der Waals surface area contributed by atoms with Crippen LogP contribution in [0.15, 0.2) is 12.3 Å². The quantitative estimate of drug-likeness (QED) is 0.495. The summed E-state index contributed by atoms with van der Waals surface area (Å²) in [5.74, 6) is -0.0533. The number of nitrogens with one attached hydrogen (secondary N) is 1. The van der Waals surface area contributed by atoms with E-state index >= 15 is 0 Å². The molecule has 0 radical (unpaired) electrons. The average Bonchev–Trinajstić information content (AvgIpc) is 2.39. The van der Waals surface area contributed by atoms with Crippen molar-refractivity contribution in [3.63, 3.8) is 0 Å². The minimum Gasteiger partial charge on any atom is -0.352 e. The Balaban J connectivity index is 2.81. The molecule has 104 valence electrons. The van der Waals surface area contributed by atoms with Gasteiger partial charge in [-0.3, -0.25) is 14.9 Å². The van der Waals surface area contributed by atoms with Gasteiger partial charge in [0.15, 0.2) is 0 Å². The molecule has 0 aliphatic heterocycles. The van der Waals surface area contributed by atoms with Gasteiger partial charge in [-0.25, -0.2) is 4.98 Å². The van der Waals surface area contributed by atoms with Gasteiger partial charge >= 0.3 is 0 Å². The Morgan fingerprint density at radius 2 is 2.16 bits per heavy atom. The lowest BCUT2D eigenvalue weighted by molar-refractivity contribution is -0.385. The normalized spacial score (nSPS) is 10.5. The average molecular weight is 286 g/mol. The molecule has 0 atom stereocenters. The molecule has 1 heterocycles. The molecular weight excluding hydrogens is 270 g/mol. The van der Waals surface area contributed by atoms with E-state index in [1.807, 2.05) is 13.8 Å². The number of carbonyl (C=O) groups excluding carboxylic acids is 1. The molecule has 1 aromatic rings. The molecule has 1 N–H and O–H groups in total. The summed E-state index contributed by atoms with van der Waals surface area (Å²) in [5, 5.41) is 13.3. The van der Waals surface area contributed by atoms with E-state index in [0.29, 0.717) is 12.5 Å². The van der Waals surface area contributed by atoms with Crippen LogP contribution in [0, 0.1) is 16.0 Å². The smallest absolute Gasteiger partial charge is 0.288 e. The summed E-state index contributed by atoms with van der Waals surface area (Å²) in [6, 6.07) is 1.14. The highest BCUT2D eigenvalue weighted by Crippen LogP contribution is 2.19. The predicted molar refractivity (Wildman–Crippen MR) is 72.3 cm³/mol. The van der Waals surface area contributed by atoms with Crippen molar-refractivity contribution < 1.29 is 9.72 Å². The zero-order valence-corrected chi connectivity index (χ0v) is 11.6. The number of nitrogens with zero attached hydrogens (tertiary/aromatic N) is 2. The summed E-state index contributed by atoms with van der Waals surface area (Å²) in [6.45, 7) is 4.61. The molecule has 0 spiro atoms. The third kappa shape index (κ3) is 4.17. The maximum absolute atomic E-state index is 11.9. The number of hydrogen-bond donors (Lipinski definition) is 1. The summed E-state index contributed by atoms with van der Waals surface area (Å²) in [5.41, 5.74) is -0.223. The van der Waals surface area contributed by atoms with Gasteiger partial charge in [-0.15, -0.1) is 0 Å². The lowest BCUT2D eigenvalue weighted by Crippen LogP contribution is -2.29. The van der Waals surface area contributed by atoms with E-state index < -0.39 is 10.8 Å². The van der Waals surface area contributed by atoms with Crippen molar-refractivity contribution in [2.24, 2.45) is 5.92 Å². The Kier molecular flexibility index (Phi) is 5.69. The molecule has 1 rings (SSSR count). The molecule has 1 aromatic heterocycles. The van der Waals surface area contributed by atoms with Crippen molar-refractivity contribution >= 4 is 23.2 Å². The molecule has 0 saturated carbocycles. The molecular formula is C12H16ClN3O3. The Morgan fingerprint density at radius 1 is 1.53 bits per heavy atom. The third-order valence-electron chi connectivity index (χ3n) is 2.99. The van der Waals surface area contributed by atoms with Crippen molar-refractivity contribution in [3.05, 3.63) is 33.1 Å². The van der Waals surface area contributed by atoms with E-state index in [-0.39, 0.29) is 16.4 Å². The fourth-order valence-electron chi connectivity index (χ4n) is 1.61. The van der Waals surface area contributed by atoms with Crippen LogP contribution in [0.5, 0.6) is 0 Å². The van der Waals surface area contributed by atoms with E-state index in [2.05, 4.69) is 10.3 Å². The molecule has 0 aliphatic rings. The number of amides is 1. The first-order chi connectivity index (χ1) is 8.99. The van der Waals surface area contributed by atoms with Gasteiger partial charge in [0.1, 0.15) is 11.3 Å². The Labute approximate surface area is 116 Å². The van der Waals surface area contributed by atoms with Crippen LogP contribution in [0.2, 0.25) is 5.15 Å².